The highest BCUT2D eigenvalue weighted by molar-refractivity contribution is 5.97. The number of Topliss-reactive ketones (excluding diaryl/α,β-unsaturated/α-hetero) is 1. The first kappa shape index (κ1) is 11.6. The molecule has 0 saturated carbocycles. The molecule has 2 rings (SSSR count). The SMILES string of the molecule is CN1C=CN(CC(=O)c2ccc(F)cc2F)C1. The molecule has 1 aliphatic rings. The van der Waals surface area contributed by atoms with Crippen molar-refractivity contribution in [3.63, 3.8) is 0 Å². The minimum Gasteiger partial charge on any atom is -0.362 e. The number of halogens is 2. The summed E-state index contributed by atoms with van der Waals surface area (Å²) in [5, 5.41) is 0. The largest absolute Gasteiger partial charge is 0.362 e. The molecular formula is C12H12F2N2O. The highest BCUT2D eigenvalue weighted by atomic mass is 19.1. The van der Waals surface area contributed by atoms with Gasteiger partial charge in [-0.3, -0.25) is 4.79 Å². The average Bonchev–Trinajstić information content (AvgIpc) is 2.63. The van der Waals surface area contributed by atoms with E-state index >= 15 is 0 Å². The molecule has 0 atom stereocenters. The third-order valence-electron chi connectivity index (χ3n) is 2.51. The van der Waals surface area contributed by atoms with Gasteiger partial charge in [0.2, 0.25) is 0 Å². The fourth-order valence-electron chi connectivity index (χ4n) is 1.68. The number of nitrogens with zero attached hydrogens (tertiary/aromatic N) is 2. The third-order valence-corrected chi connectivity index (χ3v) is 2.51. The fourth-order valence-corrected chi connectivity index (χ4v) is 1.68. The van der Waals surface area contributed by atoms with Crippen molar-refractivity contribution in [3.8, 4) is 0 Å². The van der Waals surface area contributed by atoms with E-state index in [1.54, 1.807) is 11.1 Å². The van der Waals surface area contributed by atoms with Crippen LogP contribution in [0.3, 0.4) is 0 Å². The monoisotopic (exact) mass is 238 g/mol. The number of rotatable bonds is 3. The highest BCUT2D eigenvalue weighted by Crippen LogP contribution is 2.12. The van der Waals surface area contributed by atoms with E-state index in [0.717, 1.165) is 12.1 Å². The second-order valence-electron chi connectivity index (χ2n) is 3.99. The summed E-state index contributed by atoms with van der Waals surface area (Å²) in [6.45, 7) is 0.679. The zero-order valence-electron chi connectivity index (χ0n) is 9.36. The van der Waals surface area contributed by atoms with Crippen molar-refractivity contribution in [3.05, 3.63) is 47.8 Å². The van der Waals surface area contributed by atoms with Gasteiger partial charge in [-0.1, -0.05) is 0 Å². The summed E-state index contributed by atoms with van der Waals surface area (Å²) in [7, 11) is 1.87. The normalized spacial score (nSPS) is 14.5. The van der Waals surface area contributed by atoms with Crippen molar-refractivity contribution in [2.75, 3.05) is 20.3 Å². The molecule has 0 amide bonds. The lowest BCUT2D eigenvalue weighted by Gasteiger charge is -2.17. The molecule has 0 aromatic heterocycles. The zero-order valence-corrected chi connectivity index (χ0v) is 9.36. The van der Waals surface area contributed by atoms with E-state index in [1.165, 1.54) is 6.07 Å². The molecule has 1 aromatic rings. The lowest BCUT2D eigenvalue weighted by Crippen LogP contribution is -2.28. The van der Waals surface area contributed by atoms with Gasteiger partial charge in [-0.25, -0.2) is 8.78 Å². The molecule has 90 valence electrons. The molecule has 1 aromatic carbocycles. The smallest absolute Gasteiger partial charge is 0.185 e. The molecule has 0 aliphatic carbocycles. The van der Waals surface area contributed by atoms with Crippen molar-refractivity contribution in [1.29, 1.82) is 0 Å². The molecule has 0 N–H and O–H groups in total. The van der Waals surface area contributed by atoms with Crippen molar-refractivity contribution < 1.29 is 13.6 Å². The van der Waals surface area contributed by atoms with Gasteiger partial charge in [-0.15, -0.1) is 0 Å². The number of benzene rings is 1. The molecule has 0 fully saturated rings. The van der Waals surface area contributed by atoms with Crippen molar-refractivity contribution >= 4 is 5.78 Å². The molecule has 1 aliphatic heterocycles. The topological polar surface area (TPSA) is 23.6 Å². The van der Waals surface area contributed by atoms with Crippen molar-refractivity contribution in [1.82, 2.24) is 9.80 Å². The van der Waals surface area contributed by atoms with Gasteiger partial charge in [0.05, 0.1) is 18.8 Å². The summed E-state index contributed by atoms with van der Waals surface area (Å²) >= 11 is 0. The Morgan fingerprint density at radius 1 is 1.35 bits per heavy atom. The molecule has 0 spiro atoms. The van der Waals surface area contributed by atoms with E-state index in [2.05, 4.69) is 0 Å². The molecular weight excluding hydrogens is 226 g/mol. The van der Waals surface area contributed by atoms with Gasteiger partial charge in [0.25, 0.3) is 0 Å². The van der Waals surface area contributed by atoms with Crippen LogP contribution in [0.5, 0.6) is 0 Å². The van der Waals surface area contributed by atoms with Gasteiger partial charge in [-0.2, -0.15) is 0 Å². The van der Waals surface area contributed by atoms with E-state index in [4.69, 9.17) is 0 Å². The predicted octanol–water partition coefficient (Wildman–Crippen LogP) is 1.82. The summed E-state index contributed by atoms with van der Waals surface area (Å²) in [5.74, 6) is -1.85. The Balaban J connectivity index is 2.07. The molecule has 0 saturated heterocycles. The number of hydrogen-bond donors (Lipinski definition) is 0. The second kappa shape index (κ2) is 4.53. The number of carbonyl (C=O) groups excluding carboxylic acids is 1. The van der Waals surface area contributed by atoms with E-state index in [1.807, 2.05) is 18.1 Å². The first-order valence-electron chi connectivity index (χ1n) is 5.17. The van der Waals surface area contributed by atoms with Gasteiger partial charge < -0.3 is 9.80 Å². The molecule has 5 heteroatoms. The Bertz CT molecular complexity index is 474. The second-order valence-corrected chi connectivity index (χ2v) is 3.99. The Labute approximate surface area is 97.9 Å². The van der Waals surface area contributed by atoms with Gasteiger partial charge in [0, 0.05) is 25.5 Å². The third kappa shape index (κ3) is 2.61. The quantitative estimate of drug-likeness (QED) is 0.750. The van der Waals surface area contributed by atoms with Crippen molar-refractivity contribution in [2.24, 2.45) is 0 Å². The summed E-state index contributed by atoms with van der Waals surface area (Å²) in [4.78, 5) is 15.4. The van der Waals surface area contributed by atoms with Gasteiger partial charge in [-0.05, 0) is 12.1 Å². The van der Waals surface area contributed by atoms with Crippen LogP contribution < -0.4 is 0 Å². The molecule has 0 unspecified atom stereocenters. The maximum Gasteiger partial charge on any atom is 0.185 e. The lowest BCUT2D eigenvalue weighted by molar-refractivity contribution is 0.0944. The van der Waals surface area contributed by atoms with E-state index in [-0.39, 0.29) is 17.9 Å². The van der Waals surface area contributed by atoms with Gasteiger partial charge in [0.15, 0.2) is 5.78 Å². The Hall–Kier alpha value is -1.91. The minimum atomic E-state index is -0.813. The summed E-state index contributed by atoms with van der Waals surface area (Å²) in [6.07, 6.45) is 3.59. The van der Waals surface area contributed by atoms with Crippen LogP contribution in [0.15, 0.2) is 30.6 Å². The highest BCUT2D eigenvalue weighted by Gasteiger charge is 2.17. The number of hydrogen-bond acceptors (Lipinski definition) is 3. The number of ketones is 1. The Kier molecular flexibility index (Phi) is 3.08. The van der Waals surface area contributed by atoms with Gasteiger partial charge >= 0.3 is 0 Å². The van der Waals surface area contributed by atoms with Crippen LogP contribution in [0.2, 0.25) is 0 Å². The van der Waals surface area contributed by atoms with Crippen LogP contribution in [0.4, 0.5) is 8.78 Å². The molecule has 0 radical (unpaired) electrons. The van der Waals surface area contributed by atoms with Crippen LogP contribution in [0, 0.1) is 11.6 Å². The summed E-state index contributed by atoms with van der Waals surface area (Å²) in [5.41, 5.74) is -0.0747. The zero-order chi connectivity index (χ0) is 12.4. The summed E-state index contributed by atoms with van der Waals surface area (Å²) in [6, 6.07) is 2.98. The predicted molar refractivity (Wildman–Crippen MR) is 59.2 cm³/mol. The number of carbonyl (C=O) groups is 1. The van der Waals surface area contributed by atoms with Crippen LogP contribution >= 0.6 is 0 Å². The first-order valence-corrected chi connectivity index (χ1v) is 5.17. The molecule has 1 heterocycles. The molecule has 0 bridgehead atoms. The van der Waals surface area contributed by atoms with Gasteiger partial charge in [0.1, 0.15) is 11.6 Å². The van der Waals surface area contributed by atoms with Crippen LogP contribution in [0.25, 0.3) is 0 Å². The Morgan fingerprint density at radius 3 is 2.71 bits per heavy atom. The van der Waals surface area contributed by atoms with Crippen LogP contribution in [0.1, 0.15) is 10.4 Å². The average molecular weight is 238 g/mol. The summed E-state index contributed by atoms with van der Waals surface area (Å²) < 4.78 is 26.0. The molecule has 3 nitrogen and oxygen atoms in total. The maximum absolute atomic E-state index is 13.3. The minimum absolute atomic E-state index is 0.0747. The van der Waals surface area contributed by atoms with Crippen LogP contribution in [-0.2, 0) is 0 Å². The van der Waals surface area contributed by atoms with E-state index < -0.39 is 11.6 Å². The maximum atomic E-state index is 13.3. The van der Waals surface area contributed by atoms with E-state index in [0.29, 0.717) is 6.67 Å². The van der Waals surface area contributed by atoms with Crippen LogP contribution in [-0.4, -0.2) is 35.8 Å². The Morgan fingerprint density at radius 2 is 2.12 bits per heavy atom. The first-order chi connectivity index (χ1) is 8.06. The standard InChI is InChI=1S/C12H12F2N2O/c1-15-4-5-16(8-15)7-12(17)10-3-2-9(13)6-11(10)14/h2-6H,7-8H2,1H3. The van der Waals surface area contributed by atoms with Crippen molar-refractivity contribution in [2.45, 2.75) is 0 Å². The molecule has 17 heavy (non-hydrogen) atoms. The van der Waals surface area contributed by atoms with E-state index in [9.17, 15) is 13.6 Å². The lowest BCUT2D eigenvalue weighted by atomic mass is 10.1. The fraction of sp³-hybridized carbons (Fsp3) is 0.250.